The summed E-state index contributed by atoms with van der Waals surface area (Å²) < 4.78 is 0. The molecule has 1 spiro atoms. The van der Waals surface area contributed by atoms with Crippen molar-refractivity contribution in [3.63, 3.8) is 0 Å². The Morgan fingerprint density at radius 3 is 2.44 bits per heavy atom. The predicted octanol–water partition coefficient (Wildman–Crippen LogP) is 7.91. The summed E-state index contributed by atoms with van der Waals surface area (Å²) in [5, 5.41) is 5.59. The molecule has 1 atom stereocenters. The van der Waals surface area contributed by atoms with E-state index < -0.39 is 0 Å². The first-order valence-corrected chi connectivity index (χ1v) is 13.2. The molecule has 1 saturated carbocycles. The van der Waals surface area contributed by atoms with Crippen LogP contribution in [-0.4, -0.2) is 27.4 Å². The molecule has 0 radical (unpaired) electrons. The SMILES string of the molecule is CC(C)(C)[C@H](/C=C\c1ccc(Cl)cc1Cl)N=C1NC(=S)N(Cc2ccccc2)C12CCCCC2. The second kappa shape index (κ2) is 10.4. The lowest BCUT2D eigenvalue weighted by Crippen LogP contribution is -2.51. The summed E-state index contributed by atoms with van der Waals surface area (Å²) >= 11 is 18.4. The van der Waals surface area contributed by atoms with E-state index in [4.69, 9.17) is 40.4 Å². The normalized spacial score (nSPS) is 20.3. The van der Waals surface area contributed by atoms with Gasteiger partial charge >= 0.3 is 0 Å². The van der Waals surface area contributed by atoms with Crippen LogP contribution in [-0.2, 0) is 6.54 Å². The lowest BCUT2D eigenvalue weighted by Gasteiger charge is -2.41. The molecule has 1 aliphatic heterocycles. The number of hydrogen-bond donors (Lipinski definition) is 1. The number of aliphatic imine (C=N–C) groups is 1. The van der Waals surface area contributed by atoms with Crippen LogP contribution in [0.15, 0.2) is 59.6 Å². The lowest BCUT2D eigenvalue weighted by atomic mass is 9.79. The Morgan fingerprint density at radius 2 is 1.79 bits per heavy atom. The van der Waals surface area contributed by atoms with Crippen molar-refractivity contribution in [3.05, 3.63) is 75.8 Å². The number of benzene rings is 2. The van der Waals surface area contributed by atoms with Crippen LogP contribution in [0.25, 0.3) is 6.08 Å². The van der Waals surface area contributed by atoms with Crippen molar-refractivity contribution >= 4 is 52.4 Å². The Kier molecular flexibility index (Phi) is 7.71. The molecular weight excluding hydrogens is 481 g/mol. The summed E-state index contributed by atoms with van der Waals surface area (Å²) in [6.45, 7) is 7.45. The molecule has 0 bridgehead atoms. The van der Waals surface area contributed by atoms with Crippen LogP contribution in [0, 0.1) is 5.41 Å². The topological polar surface area (TPSA) is 27.6 Å². The Morgan fingerprint density at radius 1 is 1.09 bits per heavy atom. The lowest BCUT2D eigenvalue weighted by molar-refractivity contribution is 0.192. The number of hydrogen-bond acceptors (Lipinski definition) is 2. The first-order valence-electron chi connectivity index (χ1n) is 12.0. The smallest absolute Gasteiger partial charge is 0.175 e. The molecule has 1 aliphatic carbocycles. The van der Waals surface area contributed by atoms with Crippen molar-refractivity contribution in [1.82, 2.24) is 10.2 Å². The molecule has 2 fully saturated rings. The molecule has 1 N–H and O–H groups in total. The monoisotopic (exact) mass is 513 g/mol. The molecule has 4 rings (SSSR count). The summed E-state index contributed by atoms with van der Waals surface area (Å²) in [5.41, 5.74) is 1.96. The van der Waals surface area contributed by atoms with Gasteiger partial charge < -0.3 is 10.2 Å². The molecule has 0 aromatic heterocycles. The minimum atomic E-state index is -0.166. The van der Waals surface area contributed by atoms with Gasteiger partial charge in [0.2, 0.25) is 0 Å². The van der Waals surface area contributed by atoms with Crippen LogP contribution >= 0.6 is 35.4 Å². The van der Waals surface area contributed by atoms with Crippen molar-refractivity contribution in [2.24, 2.45) is 10.4 Å². The van der Waals surface area contributed by atoms with Gasteiger partial charge in [0.25, 0.3) is 0 Å². The summed E-state index contributed by atoms with van der Waals surface area (Å²) in [6.07, 6.45) is 9.98. The molecule has 34 heavy (non-hydrogen) atoms. The van der Waals surface area contributed by atoms with Crippen molar-refractivity contribution in [1.29, 1.82) is 0 Å². The van der Waals surface area contributed by atoms with Crippen LogP contribution in [0.1, 0.15) is 64.0 Å². The van der Waals surface area contributed by atoms with E-state index in [1.54, 1.807) is 6.07 Å². The van der Waals surface area contributed by atoms with Crippen LogP contribution in [0.2, 0.25) is 10.0 Å². The van der Waals surface area contributed by atoms with E-state index in [0.29, 0.717) is 10.0 Å². The van der Waals surface area contributed by atoms with Crippen molar-refractivity contribution < 1.29 is 0 Å². The van der Waals surface area contributed by atoms with Crippen LogP contribution < -0.4 is 5.32 Å². The molecule has 1 saturated heterocycles. The van der Waals surface area contributed by atoms with Gasteiger partial charge in [-0.3, -0.25) is 4.99 Å². The average Bonchev–Trinajstić information content (AvgIpc) is 3.03. The van der Waals surface area contributed by atoms with E-state index >= 15 is 0 Å². The zero-order valence-corrected chi connectivity index (χ0v) is 22.5. The maximum absolute atomic E-state index is 6.42. The van der Waals surface area contributed by atoms with Gasteiger partial charge in [-0.05, 0) is 53.7 Å². The first-order chi connectivity index (χ1) is 16.2. The molecule has 2 aromatic carbocycles. The third-order valence-corrected chi connectivity index (χ3v) is 7.75. The van der Waals surface area contributed by atoms with Gasteiger partial charge in [0.05, 0.1) is 6.04 Å². The van der Waals surface area contributed by atoms with E-state index in [1.165, 1.54) is 24.8 Å². The third-order valence-electron chi connectivity index (χ3n) is 6.87. The molecule has 1 heterocycles. The van der Waals surface area contributed by atoms with E-state index in [0.717, 1.165) is 35.9 Å². The molecule has 6 heteroatoms. The Hall–Kier alpha value is -1.88. The Labute approximate surface area is 219 Å². The highest BCUT2D eigenvalue weighted by atomic mass is 35.5. The summed E-state index contributed by atoms with van der Waals surface area (Å²) in [6, 6.07) is 16.1. The number of amidine groups is 1. The third kappa shape index (κ3) is 5.50. The molecule has 3 nitrogen and oxygen atoms in total. The number of nitrogens with one attached hydrogen (secondary N) is 1. The molecular formula is C28H33Cl2N3S. The summed E-state index contributed by atoms with van der Waals surface area (Å²) in [4.78, 5) is 7.73. The fraction of sp³-hybridized carbons (Fsp3) is 0.429. The van der Waals surface area contributed by atoms with E-state index in [9.17, 15) is 0 Å². The zero-order valence-electron chi connectivity index (χ0n) is 20.2. The average molecular weight is 515 g/mol. The van der Waals surface area contributed by atoms with Gasteiger partial charge in [0.15, 0.2) is 5.11 Å². The van der Waals surface area contributed by atoms with Gasteiger partial charge in [0.1, 0.15) is 11.4 Å². The van der Waals surface area contributed by atoms with Gasteiger partial charge in [0, 0.05) is 16.6 Å². The molecule has 0 amide bonds. The Bertz CT molecular complexity index is 1080. The predicted molar refractivity (Wildman–Crippen MR) is 150 cm³/mol. The molecule has 180 valence electrons. The maximum Gasteiger partial charge on any atom is 0.175 e. The highest BCUT2D eigenvalue weighted by molar-refractivity contribution is 7.80. The van der Waals surface area contributed by atoms with Crippen molar-refractivity contribution in [2.75, 3.05) is 0 Å². The van der Waals surface area contributed by atoms with Gasteiger partial charge in [-0.25, -0.2) is 0 Å². The minimum absolute atomic E-state index is 0.0416. The van der Waals surface area contributed by atoms with Crippen LogP contribution in [0.4, 0.5) is 0 Å². The summed E-state index contributed by atoms with van der Waals surface area (Å²) in [7, 11) is 0. The maximum atomic E-state index is 6.42. The fourth-order valence-electron chi connectivity index (χ4n) is 4.89. The molecule has 2 aromatic rings. The molecule has 0 unspecified atom stereocenters. The highest BCUT2D eigenvalue weighted by Crippen LogP contribution is 2.40. The highest BCUT2D eigenvalue weighted by Gasteiger charge is 2.49. The number of rotatable bonds is 5. The first kappa shape index (κ1) is 25.2. The number of thiocarbonyl (C=S) groups is 1. The standard InChI is InChI=1S/C28H33Cl2N3S/c1-27(2,3)24(15-13-21-12-14-22(29)18-23(21)30)31-25-28(16-8-5-9-17-28)33(26(34)32-25)19-20-10-6-4-7-11-20/h4,6-7,10-15,18,24H,5,8-9,16-17,19H2,1-3H3,(H,31,32,34)/b15-13-/t24-/m0/s1. The van der Waals surface area contributed by atoms with Gasteiger partial charge in [-0.15, -0.1) is 0 Å². The largest absolute Gasteiger partial charge is 0.332 e. The zero-order chi connectivity index (χ0) is 24.3. The van der Waals surface area contributed by atoms with Crippen molar-refractivity contribution in [2.45, 2.75) is 71.0 Å². The summed E-state index contributed by atoms with van der Waals surface area (Å²) in [5.74, 6) is 1.01. The van der Waals surface area contributed by atoms with E-state index in [2.05, 4.69) is 73.5 Å². The van der Waals surface area contributed by atoms with E-state index in [-0.39, 0.29) is 17.0 Å². The van der Waals surface area contributed by atoms with Crippen LogP contribution in [0.5, 0.6) is 0 Å². The quantitative estimate of drug-likeness (QED) is 0.411. The second-order valence-corrected chi connectivity index (χ2v) is 11.6. The minimum Gasteiger partial charge on any atom is -0.332 e. The molecule has 2 aliphatic rings. The van der Waals surface area contributed by atoms with E-state index in [1.807, 2.05) is 12.1 Å². The van der Waals surface area contributed by atoms with Gasteiger partial charge in [-0.2, -0.15) is 0 Å². The number of nitrogens with zero attached hydrogens (tertiary/aromatic N) is 2. The second-order valence-electron chi connectivity index (χ2n) is 10.4. The van der Waals surface area contributed by atoms with Crippen LogP contribution in [0.3, 0.4) is 0 Å². The Balaban J connectivity index is 1.69. The fourth-order valence-corrected chi connectivity index (χ4v) is 5.70. The number of halogens is 2. The van der Waals surface area contributed by atoms with Gasteiger partial charge in [-0.1, -0.05) is 112 Å². The van der Waals surface area contributed by atoms with Crippen molar-refractivity contribution in [3.8, 4) is 0 Å².